The average Bonchev–Trinajstić information content (AvgIpc) is 3.15. The van der Waals surface area contributed by atoms with Crippen LogP contribution in [-0.2, 0) is 0 Å². The minimum absolute atomic E-state index is 0.198. The van der Waals surface area contributed by atoms with Gasteiger partial charge in [0.1, 0.15) is 0 Å². The highest BCUT2D eigenvalue weighted by molar-refractivity contribution is 7.99. The lowest BCUT2D eigenvalue weighted by atomic mass is 9.86. The molecule has 0 nitrogen and oxygen atoms in total. The van der Waals surface area contributed by atoms with Gasteiger partial charge in [0.05, 0.1) is 6.85 Å². The molecule has 0 aromatic heterocycles. The molecule has 0 bridgehead atoms. The summed E-state index contributed by atoms with van der Waals surface area (Å²) in [5.41, 5.74) is 6.98. The Bertz CT molecular complexity index is 2860. The summed E-state index contributed by atoms with van der Waals surface area (Å²) >= 11 is 1.77. The number of benzene rings is 9. The van der Waals surface area contributed by atoms with Crippen molar-refractivity contribution in [3.05, 3.63) is 158 Å². The smallest absolute Gasteiger partial charge is 0.0629 e. The molecule has 1 heterocycles. The van der Waals surface area contributed by atoms with Gasteiger partial charge in [-0.25, -0.2) is 0 Å². The molecule has 1 aliphatic heterocycles. The van der Waals surface area contributed by atoms with E-state index in [0.717, 1.165) is 43.5 Å². The van der Waals surface area contributed by atoms with E-state index in [4.69, 9.17) is 6.85 Å². The van der Waals surface area contributed by atoms with E-state index in [2.05, 4.69) is 115 Å². The SMILES string of the molecule is [2H]c1c([2H])c([2H])c(-c2cc(-c3cccc4c3-c3cccc5cccc(c35)S4)cc(-c3ccc4ccc5cccc6ccc3c4c56)c2)c([2H])c1[2H]. The average molecular weight is 592 g/mol. The lowest BCUT2D eigenvalue weighted by Crippen LogP contribution is -1.96. The molecule has 45 heavy (non-hydrogen) atoms. The zero-order valence-corrected chi connectivity index (χ0v) is 24.8. The fourth-order valence-corrected chi connectivity index (χ4v) is 8.50. The standard InChI is InChI=1S/C44H26S/c1-2-8-27(9-3-1)32-24-33(35-22-20-31-19-18-29-10-4-11-30-21-23-37(35)43(31)41(29)30)26-34(25-32)36-14-7-17-40-44(36)38-15-5-12-28-13-6-16-39(45-40)42(28)38/h1-26H/i1D,2D,3D,8D,9D. The second kappa shape index (κ2) is 9.56. The van der Waals surface area contributed by atoms with Gasteiger partial charge in [-0.05, 0) is 107 Å². The predicted octanol–water partition coefficient (Wildman–Crippen LogP) is 12.9. The van der Waals surface area contributed by atoms with Crippen LogP contribution in [0.4, 0.5) is 0 Å². The number of fused-ring (bicyclic) bond motifs is 2. The normalized spacial score (nSPS) is 13.9. The van der Waals surface area contributed by atoms with Crippen molar-refractivity contribution in [3.8, 4) is 44.5 Å². The molecule has 9 aromatic carbocycles. The van der Waals surface area contributed by atoms with Gasteiger partial charge in [0.15, 0.2) is 0 Å². The molecule has 9 aromatic rings. The summed E-state index contributed by atoms with van der Waals surface area (Å²) in [5, 5.41) is 9.50. The Kier molecular flexibility index (Phi) is 4.37. The van der Waals surface area contributed by atoms with Crippen LogP contribution in [0, 0.1) is 0 Å². The maximum atomic E-state index is 8.93. The minimum Gasteiger partial charge on any atom is -0.0888 e. The first-order valence-corrected chi connectivity index (χ1v) is 15.9. The fraction of sp³-hybridized carbons (Fsp3) is 0. The first kappa shape index (κ1) is 20.6. The largest absolute Gasteiger partial charge is 0.0888 e. The van der Waals surface area contributed by atoms with Gasteiger partial charge in [-0.1, -0.05) is 139 Å². The van der Waals surface area contributed by atoms with Crippen LogP contribution in [0.3, 0.4) is 0 Å². The van der Waals surface area contributed by atoms with Gasteiger partial charge in [-0.15, -0.1) is 0 Å². The third-order valence-corrected chi connectivity index (χ3v) is 10.4. The molecule has 0 unspecified atom stereocenters. The van der Waals surface area contributed by atoms with Crippen LogP contribution in [0.1, 0.15) is 6.85 Å². The van der Waals surface area contributed by atoms with Crippen molar-refractivity contribution < 1.29 is 6.85 Å². The third-order valence-electron chi connectivity index (χ3n) is 9.25. The van der Waals surface area contributed by atoms with Crippen LogP contribution in [0.2, 0.25) is 0 Å². The van der Waals surface area contributed by atoms with Crippen LogP contribution in [0.25, 0.3) is 87.6 Å². The van der Waals surface area contributed by atoms with Crippen molar-refractivity contribution in [1.29, 1.82) is 0 Å². The molecule has 1 heteroatoms. The summed E-state index contributed by atoms with van der Waals surface area (Å²) < 4.78 is 43.1. The molecule has 0 aliphatic carbocycles. The van der Waals surface area contributed by atoms with Crippen LogP contribution < -0.4 is 0 Å². The number of rotatable bonds is 3. The van der Waals surface area contributed by atoms with E-state index in [-0.39, 0.29) is 29.7 Å². The molecule has 0 saturated carbocycles. The molecule has 0 atom stereocenters. The van der Waals surface area contributed by atoms with Crippen LogP contribution in [-0.4, -0.2) is 0 Å². The quantitative estimate of drug-likeness (QED) is 0.184. The van der Waals surface area contributed by atoms with Crippen molar-refractivity contribution in [2.24, 2.45) is 0 Å². The van der Waals surface area contributed by atoms with Gasteiger partial charge in [0, 0.05) is 20.7 Å². The van der Waals surface area contributed by atoms with E-state index in [1.807, 2.05) is 12.1 Å². The molecule has 0 N–H and O–H groups in total. The second-order valence-electron chi connectivity index (χ2n) is 11.7. The summed E-state index contributed by atoms with van der Waals surface area (Å²) in [6.45, 7) is 0. The van der Waals surface area contributed by atoms with Crippen molar-refractivity contribution in [1.82, 2.24) is 0 Å². The third kappa shape index (κ3) is 3.75. The maximum Gasteiger partial charge on any atom is 0.0629 e. The predicted molar refractivity (Wildman–Crippen MR) is 194 cm³/mol. The Labute approximate surface area is 273 Å². The molecular formula is C44H26S. The lowest BCUT2D eigenvalue weighted by molar-refractivity contribution is 1.39. The Morgan fingerprint density at radius 3 is 1.80 bits per heavy atom. The monoisotopic (exact) mass is 591 g/mol. The van der Waals surface area contributed by atoms with Gasteiger partial charge in [-0.2, -0.15) is 0 Å². The zero-order chi connectivity index (χ0) is 33.8. The van der Waals surface area contributed by atoms with E-state index in [1.54, 1.807) is 11.8 Å². The number of hydrogen-bond donors (Lipinski definition) is 0. The highest BCUT2D eigenvalue weighted by atomic mass is 32.2. The maximum absolute atomic E-state index is 8.93. The van der Waals surface area contributed by atoms with E-state index in [1.165, 1.54) is 42.8 Å². The van der Waals surface area contributed by atoms with E-state index in [0.29, 0.717) is 5.56 Å². The molecule has 0 amide bonds. The van der Waals surface area contributed by atoms with Crippen molar-refractivity contribution >= 4 is 54.9 Å². The molecule has 10 rings (SSSR count). The Morgan fingerprint density at radius 2 is 0.978 bits per heavy atom. The molecular weight excluding hydrogens is 561 g/mol. The summed E-state index contributed by atoms with van der Waals surface area (Å²) in [6.07, 6.45) is 0. The second-order valence-corrected chi connectivity index (χ2v) is 12.8. The molecule has 0 saturated heterocycles. The molecule has 0 fully saturated rings. The van der Waals surface area contributed by atoms with Crippen molar-refractivity contribution in [3.63, 3.8) is 0 Å². The Morgan fingerprint density at radius 1 is 0.400 bits per heavy atom. The topological polar surface area (TPSA) is 0 Å². The number of hydrogen-bond acceptors (Lipinski definition) is 1. The highest BCUT2D eigenvalue weighted by Gasteiger charge is 2.23. The Balaban J connectivity index is 1.30. The summed E-state index contributed by atoms with van der Waals surface area (Å²) in [5.74, 6) is 0. The van der Waals surface area contributed by atoms with Crippen LogP contribution >= 0.6 is 11.8 Å². The van der Waals surface area contributed by atoms with E-state index >= 15 is 0 Å². The van der Waals surface area contributed by atoms with E-state index in [9.17, 15) is 0 Å². The lowest BCUT2D eigenvalue weighted by Gasteiger charge is -2.23. The van der Waals surface area contributed by atoms with Crippen LogP contribution in [0.15, 0.2) is 167 Å². The first-order valence-electron chi connectivity index (χ1n) is 17.6. The highest BCUT2D eigenvalue weighted by Crippen LogP contribution is 2.52. The molecule has 0 radical (unpaired) electrons. The van der Waals surface area contributed by atoms with Gasteiger partial charge in [0.25, 0.3) is 0 Å². The van der Waals surface area contributed by atoms with Crippen LogP contribution in [0.5, 0.6) is 0 Å². The minimum atomic E-state index is -0.396. The Hall–Kier alpha value is -5.37. The van der Waals surface area contributed by atoms with Crippen molar-refractivity contribution in [2.45, 2.75) is 9.79 Å². The molecule has 208 valence electrons. The van der Waals surface area contributed by atoms with Gasteiger partial charge >= 0.3 is 0 Å². The van der Waals surface area contributed by atoms with Gasteiger partial charge in [0.2, 0.25) is 0 Å². The first-order chi connectivity index (χ1) is 24.4. The van der Waals surface area contributed by atoms with E-state index < -0.39 is 6.04 Å². The summed E-state index contributed by atoms with van der Waals surface area (Å²) in [4.78, 5) is 2.39. The zero-order valence-electron chi connectivity index (χ0n) is 29.0. The summed E-state index contributed by atoms with van der Waals surface area (Å²) in [6, 6.07) is 43.4. The molecule has 1 aliphatic rings. The van der Waals surface area contributed by atoms with Gasteiger partial charge < -0.3 is 0 Å². The van der Waals surface area contributed by atoms with Crippen molar-refractivity contribution in [2.75, 3.05) is 0 Å². The molecule has 0 spiro atoms. The fourth-order valence-electron chi connectivity index (χ4n) is 7.32. The van der Waals surface area contributed by atoms with Gasteiger partial charge in [-0.3, -0.25) is 0 Å². The summed E-state index contributed by atoms with van der Waals surface area (Å²) in [7, 11) is 0.